The molecule has 3 aromatic rings. The number of rotatable bonds is 10. The third-order valence-corrected chi connectivity index (χ3v) is 5.85. The molecule has 7 nitrogen and oxygen atoms in total. The van der Waals surface area contributed by atoms with Crippen molar-refractivity contribution in [2.24, 2.45) is 5.92 Å². The molecule has 1 heterocycles. The lowest BCUT2D eigenvalue weighted by Crippen LogP contribution is -2.42. The zero-order valence-electron chi connectivity index (χ0n) is 20.2. The van der Waals surface area contributed by atoms with E-state index in [4.69, 9.17) is 5.73 Å². The van der Waals surface area contributed by atoms with Crippen LogP contribution < -0.4 is 21.9 Å². The Morgan fingerprint density at radius 1 is 1.00 bits per heavy atom. The van der Waals surface area contributed by atoms with E-state index in [0.29, 0.717) is 19.5 Å². The number of H-pyrrole nitrogens is 1. The second-order valence-corrected chi connectivity index (χ2v) is 8.97. The lowest BCUT2D eigenvalue weighted by molar-refractivity contribution is -0.118. The number of hydrogen-bond acceptors (Lipinski definition) is 4. The van der Waals surface area contributed by atoms with E-state index >= 15 is 0 Å². The standard InChI is InChI=1S/C27H34N4O3/c1-4-5-16-30(24-25(28)31(18-19(2)3)27(34)29-26(24)33)23(32)17-22(20-12-8-6-9-13-20)21-14-10-7-11-15-21/h6-15,19,22H,4-5,16-18,28H2,1-3H3,(H,29,33,34). The molecule has 7 heteroatoms. The molecule has 0 aliphatic carbocycles. The largest absolute Gasteiger partial charge is 0.383 e. The normalized spacial score (nSPS) is 11.2. The third-order valence-electron chi connectivity index (χ3n) is 5.85. The third kappa shape index (κ3) is 5.84. The summed E-state index contributed by atoms with van der Waals surface area (Å²) in [7, 11) is 0. The summed E-state index contributed by atoms with van der Waals surface area (Å²) in [6.07, 6.45) is 1.71. The summed E-state index contributed by atoms with van der Waals surface area (Å²) < 4.78 is 1.35. The number of anilines is 2. The van der Waals surface area contributed by atoms with Crippen LogP contribution in [0.4, 0.5) is 11.5 Å². The maximum Gasteiger partial charge on any atom is 0.330 e. The molecule has 1 aromatic heterocycles. The number of aromatic amines is 1. The number of nitrogen functional groups attached to an aromatic ring is 1. The number of amides is 1. The number of nitrogens with zero attached hydrogens (tertiary/aromatic N) is 2. The monoisotopic (exact) mass is 462 g/mol. The summed E-state index contributed by atoms with van der Waals surface area (Å²) >= 11 is 0. The van der Waals surface area contributed by atoms with Gasteiger partial charge in [0.15, 0.2) is 5.69 Å². The highest BCUT2D eigenvalue weighted by atomic mass is 16.2. The van der Waals surface area contributed by atoms with Crippen LogP contribution >= 0.6 is 0 Å². The minimum atomic E-state index is -0.636. The number of carbonyl (C=O) groups excluding carboxylic acids is 1. The topological polar surface area (TPSA) is 101 Å². The van der Waals surface area contributed by atoms with Crippen LogP contribution in [-0.4, -0.2) is 22.0 Å². The van der Waals surface area contributed by atoms with Gasteiger partial charge in [-0.3, -0.25) is 19.1 Å². The fourth-order valence-corrected chi connectivity index (χ4v) is 4.15. The first-order chi connectivity index (χ1) is 16.3. The fraction of sp³-hybridized carbons (Fsp3) is 0.370. The van der Waals surface area contributed by atoms with Gasteiger partial charge in [0.1, 0.15) is 5.82 Å². The summed E-state index contributed by atoms with van der Waals surface area (Å²) in [5.74, 6) is -0.221. The highest BCUT2D eigenvalue weighted by Crippen LogP contribution is 2.30. The van der Waals surface area contributed by atoms with E-state index in [1.807, 2.05) is 81.4 Å². The van der Waals surface area contributed by atoms with Crippen LogP contribution in [0, 0.1) is 5.92 Å². The van der Waals surface area contributed by atoms with Gasteiger partial charge in [-0.15, -0.1) is 0 Å². The number of aromatic nitrogens is 2. The average molecular weight is 463 g/mol. The first-order valence-electron chi connectivity index (χ1n) is 11.9. The van der Waals surface area contributed by atoms with Crippen LogP contribution in [0.5, 0.6) is 0 Å². The Morgan fingerprint density at radius 2 is 1.56 bits per heavy atom. The van der Waals surface area contributed by atoms with Crippen molar-refractivity contribution in [3.8, 4) is 0 Å². The van der Waals surface area contributed by atoms with Crippen LogP contribution in [-0.2, 0) is 11.3 Å². The Hall–Kier alpha value is -3.61. The smallest absolute Gasteiger partial charge is 0.330 e. The number of carbonyl (C=O) groups is 1. The van der Waals surface area contributed by atoms with Gasteiger partial charge in [-0.1, -0.05) is 87.9 Å². The Balaban J connectivity index is 2.05. The summed E-state index contributed by atoms with van der Waals surface area (Å²) in [6, 6.07) is 19.7. The quantitative estimate of drug-likeness (QED) is 0.473. The van der Waals surface area contributed by atoms with Crippen molar-refractivity contribution < 1.29 is 4.79 Å². The van der Waals surface area contributed by atoms with Crippen LogP contribution in [0.1, 0.15) is 57.1 Å². The van der Waals surface area contributed by atoms with Crippen molar-refractivity contribution in [1.29, 1.82) is 0 Å². The lowest BCUT2D eigenvalue weighted by Gasteiger charge is -2.27. The van der Waals surface area contributed by atoms with Crippen LogP contribution in [0.3, 0.4) is 0 Å². The number of hydrogen-bond donors (Lipinski definition) is 2. The maximum atomic E-state index is 13.8. The first kappa shape index (κ1) is 25.0. The Kier molecular flexibility index (Phi) is 8.46. The number of nitrogens with one attached hydrogen (secondary N) is 1. The minimum Gasteiger partial charge on any atom is -0.383 e. The van der Waals surface area contributed by atoms with Crippen LogP contribution in [0.2, 0.25) is 0 Å². The molecular weight excluding hydrogens is 428 g/mol. The molecule has 0 saturated heterocycles. The Labute approximate surface area is 200 Å². The van der Waals surface area contributed by atoms with Crippen molar-refractivity contribution in [2.75, 3.05) is 17.2 Å². The minimum absolute atomic E-state index is 0.0304. The van der Waals surface area contributed by atoms with Gasteiger partial charge in [0.2, 0.25) is 5.91 Å². The molecule has 3 N–H and O–H groups in total. The molecule has 0 bridgehead atoms. The highest BCUT2D eigenvalue weighted by molar-refractivity contribution is 5.96. The van der Waals surface area contributed by atoms with Crippen molar-refractivity contribution >= 4 is 17.4 Å². The molecule has 2 aromatic carbocycles. The van der Waals surface area contributed by atoms with Gasteiger partial charge in [-0.2, -0.15) is 0 Å². The lowest BCUT2D eigenvalue weighted by atomic mass is 9.88. The van der Waals surface area contributed by atoms with Gasteiger partial charge in [-0.05, 0) is 23.5 Å². The summed E-state index contributed by atoms with van der Waals surface area (Å²) in [4.78, 5) is 42.9. The van der Waals surface area contributed by atoms with Crippen LogP contribution in [0.15, 0.2) is 70.3 Å². The molecular formula is C27H34N4O3. The first-order valence-corrected chi connectivity index (χ1v) is 11.9. The molecule has 0 unspecified atom stereocenters. The predicted molar refractivity (Wildman–Crippen MR) is 137 cm³/mol. The van der Waals surface area contributed by atoms with Crippen molar-refractivity contribution in [1.82, 2.24) is 9.55 Å². The van der Waals surface area contributed by atoms with Gasteiger partial charge >= 0.3 is 5.69 Å². The van der Waals surface area contributed by atoms with Crippen LogP contribution in [0.25, 0.3) is 0 Å². The number of unbranched alkanes of at least 4 members (excludes halogenated alkanes) is 1. The van der Waals surface area contributed by atoms with Crippen molar-refractivity contribution in [3.63, 3.8) is 0 Å². The SMILES string of the molecule is CCCCN(C(=O)CC(c1ccccc1)c1ccccc1)c1c(N)n(CC(C)C)c(=O)[nH]c1=O. The molecule has 0 aliphatic rings. The molecule has 180 valence electrons. The van der Waals surface area contributed by atoms with Crippen molar-refractivity contribution in [3.05, 3.63) is 92.6 Å². The van der Waals surface area contributed by atoms with E-state index in [0.717, 1.165) is 17.5 Å². The molecule has 0 atom stereocenters. The van der Waals surface area contributed by atoms with Gasteiger partial charge in [0.25, 0.3) is 5.56 Å². The average Bonchev–Trinajstić information content (AvgIpc) is 2.83. The van der Waals surface area contributed by atoms with E-state index in [2.05, 4.69) is 4.98 Å². The molecule has 0 radical (unpaired) electrons. The fourth-order valence-electron chi connectivity index (χ4n) is 4.15. The molecule has 0 aliphatic heterocycles. The van der Waals surface area contributed by atoms with E-state index in [1.54, 1.807) is 0 Å². The molecule has 34 heavy (non-hydrogen) atoms. The highest BCUT2D eigenvalue weighted by Gasteiger charge is 2.27. The second kappa shape index (κ2) is 11.5. The van der Waals surface area contributed by atoms with E-state index in [-0.39, 0.29) is 35.7 Å². The number of nitrogens with two attached hydrogens (primary N) is 1. The van der Waals surface area contributed by atoms with E-state index in [1.165, 1.54) is 9.47 Å². The molecule has 0 spiro atoms. The molecule has 1 amide bonds. The van der Waals surface area contributed by atoms with Gasteiger partial charge in [0, 0.05) is 25.4 Å². The van der Waals surface area contributed by atoms with E-state index in [9.17, 15) is 14.4 Å². The summed E-state index contributed by atoms with van der Waals surface area (Å²) in [5, 5.41) is 0. The van der Waals surface area contributed by atoms with Gasteiger partial charge in [-0.25, -0.2) is 4.79 Å². The summed E-state index contributed by atoms with van der Waals surface area (Å²) in [5.41, 5.74) is 7.24. The Morgan fingerprint density at radius 3 is 2.06 bits per heavy atom. The van der Waals surface area contributed by atoms with Gasteiger partial charge < -0.3 is 10.6 Å². The predicted octanol–water partition coefficient (Wildman–Crippen LogP) is 4.13. The zero-order chi connectivity index (χ0) is 24.7. The van der Waals surface area contributed by atoms with Crippen molar-refractivity contribution in [2.45, 2.75) is 52.5 Å². The van der Waals surface area contributed by atoms with E-state index < -0.39 is 11.2 Å². The number of benzene rings is 2. The zero-order valence-corrected chi connectivity index (χ0v) is 20.2. The molecule has 0 saturated carbocycles. The second-order valence-electron chi connectivity index (χ2n) is 8.97. The van der Waals surface area contributed by atoms with Gasteiger partial charge in [0.05, 0.1) is 0 Å². The molecule has 0 fully saturated rings. The molecule has 3 rings (SSSR count). The maximum absolute atomic E-state index is 13.8. The Bertz CT molecular complexity index is 1160. The summed E-state index contributed by atoms with van der Waals surface area (Å²) in [6.45, 7) is 6.63.